The minimum atomic E-state index is 0.579. The van der Waals surface area contributed by atoms with Crippen molar-refractivity contribution in [2.75, 3.05) is 6.54 Å². The van der Waals surface area contributed by atoms with E-state index >= 15 is 0 Å². The Morgan fingerprint density at radius 1 is 1.31 bits per heavy atom. The highest BCUT2D eigenvalue weighted by Gasteiger charge is 2.31. The highest BCUT2D eigenvalue weighted by atomic mass is 14.9. The minimum Gasteiger partial charge on any atom is -0.314 e. The molecule has 1 aliphatic rings. The van der Waals surface area contributed by atoms with Gasteiger partial charge in [-0.3, -0.25) is 0 Å². The lowest BCUT2D eigenvalue weighted by Crippen LogP contribution is -2.42. The van der Waals surface area contributed by atoms with Gasteiger partial charge in [0.1, 0.15) is 0 Å². The third kappa shape index (κ3) is 4.86. The van der Waals surface area contributed by atoms with Crippen molar-refractivity contribution in [3.05, 3.63) is 0 Å². The third-order valence-electron chi connectivity index (χ3n) is 4.06. The van der Waals surface area contributed by atoms with Crippen molar-refractivity contribution >= 4 is 0 Å². The van der Waals surface area contributed by atoms with Crippen molar-refractivity contribution in [1.29, 1.82) is 0 Å². The molecule has 1 rings (SSSR count). The van der Waals surface area contributed by atoms with E-state index in [1.165, 1.54) is 38.6 Å². The van der Waals surface area contributed by atoms with Gasteiger partial charge in [0, 0.05) is 6.04 Å². The van der Waals surface area contributed by atoms with Gasteiger partial charge in [-0.2, -0.15) is 0 Å². The first-order valence-corrected chi connectivity index (χ1v) is 7.14. The standard InChI is InChI=1S/C15H31N/c1-12(2)7-6-10-16-14-8-9-15(4,5)11-13(14)3/h12-14,16H,6-11H2,1-5H3. The second kappa shape index (κ2) is 6.05. The smallest absolute Gasteiger partial charge is 0.00930 e. The zero-order chi connectivity index (χ0) is 12.2. The molecule has 0 aliphatic heterocycles. The maximum absolute atomic E-state index is 3.76. The van der Waals surface area contributed by atoms with Gasteiger partial charge in [-0.1, -0.05) is 34.6 Å². The fourth-order valence-corrected chi connectivity index (χ4v) is 3.05. The first-order chi connectivity index (χ1) is 7.41. The molecule has 0 spiro atoms. The van der Waals surface area contributed by atoms with Crippen LogP contribution in [-0.4, -0.2) is 12.6 Å². The van der Waals surface area contributed by atoms with Crippen LogP contribution in [0.4, 0.5) is 0 Å². The molecule has 0 aromatic rings. The molecular formula is C15H31N. The summed E-state index contributed by atoms with van der Waals surface area (Å²) in [7, 11) is 0. The topological polar surface area (TPSA) is 12.0 Å². The molecule has 1 nitrogen and oxygen atoms in total. The first-order valence-electron chi connectivity index (χ1n) is 7.14. The molecule has 96 valence electrons. The Morgan fingerprint density at radius 2 is 2.00 bits per heavy atom. The summed E-state index contributed by atoms with van der Waals surface area (Å²) in [6, 6.07) is 0.778. The van der Waals surface area contributed by atoms with Gasteiger partial charge in [0.25, 0.3) is 0 Å². The van der Waals surface area contributed by atoms with E-state index in [4.69, 9.17) is 0 Å². The normalized spacial score (nSPS) is 29.6. The Kier molecular flexibility index (Phi) is 5.30. The monoisotopic (exact) mass is 225 g/mol. The van der Waals surface area contributed by atoms with Gasteiger partial charge in [-0.15, -0.1) is 0 Å². The van der Waals surface area contributed by atoms with Gasteiger partial charge in [0.05, 0.1) is 0 Å². The summed E-state index contributed by atoms with van der Waals surface area (Å²) in [5.41, 5.74) is 0.579. The lowest BCUT2D eigenvalue weighted by molar-refractivity contribution is 0.149. The van der Waals surface area contributed by atoms with E-state index in [2.05, 4.69) is 39.9 Å². The van der Waals surface area contributed by atoms with Crippen LogP contribution in [0.5, 0.6) is 0 Å². The van der Waals surface area contributed by atoms with Gasteiger partial charge in [0.2, 0.25) is 0 Å². The Hall–Kier alpha value is -0.0400. The number of hydrogen-bond acceptors (Lipinski definition) is 1. The SMILES string of the molecule is CC(C)CCCNC1CCC(C)(C)CC1C. The van der Waals surface area contributed by atoms with E-state index < -0.39 is 0 Å². The zero-order valence-electron chi connectivity index (χ0n) is 12.0. The molecule has 16 heavy (non-hydrogen) atoms. The van der Waals surface area contributed by atoms with Crippen molar-refractivity contribution in [2.45, 2.75) is 72.8 Å². The quantitative estimate of drug-likeness (QED) is 0.691. The molecule has 2 atom stereocenters. The van der Waals surface area contributed by atoms with Crippen LogP contribution in [0.15, 0.2) is 0 Å². The van der Waals surface area contributed by atoms with E-state index in [0.29, 0.717) is 5.41 Å². The van der Waals surface area contributed by atoms with E-state index in [0.717, 1.165) is 17.9 Å². The third-order valence-corrected chi connectivity index (χ3v) is 4.06. The molecule has 0 aromatic carbocycles. The van der Waals surface area contributed by atoms with Crippen LogP contribution in [-0.2, 0) is 0 Å². The predicted octanol–water partition coefficient (Wildman–Crippen LogP) is 4.23. The maximum Gasteiger partial charge on any atom is 0.00930 e. The molecule has 0 saturated heterocycles. The van der Waals surface area contributed by atoms with Crippen molar-refractivity contribution in [2.24, 2.45) is 17.3 Å². The molecule has 0 bridgehead atoms. The molecule has 0 heterocycles. The van der Waals surface area contributed by atoms with Crippen LogP contribution in [0.1, 0.15) is 66.7 Å². The minimum absolute atomic E-state index is 0.579. The fraction of sp³-hybridized carbons (Fsp3) is 1.00. The molecular weight excluding hydrogens is 194 g/mol. The van der Waals surface area contributed by atoms with E-state index in [1.54, 1.807) is 0 Å². The van der Waals surface area contributed by atoms with Gasteiger partial charge in [0.15, 0.2) is 0 Å². The van der Waals surface area contributed by atoms with Crippen molar-refractivity contribution in [1.82, 2.24) is 5.32 Å². The molecule has 0 amide bonds. The van der Waals surface area contributed by atoms with E-state index in [1.807, 2.05) is 0 Å². The number of rotatable bonds is 5. The summed E-state index contributed by atoms with van der Waals surface area (Å²) in [6.45, 7) is 13.1. The second-order valence-electron chi connectivity index (χ2n) is 6.98. The Bertz CT molecular complexity index is 196. The Morgan fingerprint density at radius 3 is 2.56 bits per heavy atom. The Balaban J connectivity index is 2.18. The van der Waals surface area contributed by atoms with Gasteiger partial charge < -0.3 is 5.32 Å². The van der Waals surface area contributed by atoms with Gasteiger partial charge >= 0.3 is 0 Å². The van der Waals surface area contributed by atoms with Crippen LogP contribution in [0, 0.1) is 17.3 Å². The van der Waals surface area contributed by atoms with Gasteiger partial charge in [-0.05, 0) is 55.9 Å². The molecule has 1 saturated carbocycles. The predicted molar refractivity (Wildman–Crippen MR) is 72.7 cm³/mol. The average molecular weight is 225 g/mol. The summed E-state index contributed by atoms with van der Waals surface area (Å²) in [6.07, 6.45) is 6.84. The van der Waals surface area contributed by atoms with Crippen molar-refractivity contribution < 1.29 is 0 Å². The van der Waals surface area contributed by atoms with Crippen LogP contribution >= 0.6 is 0 Å². The van der Waals surface area contributed by atoms with E-state index in [-0.39, 0.29) is 0 Å². The van der Waals surface area contributed by atoms with Crippen LogP contribution in [0.25, 0.3) is 0 Å². The largest absolute Gasteiger partial charge is 0.314 e. The first kappa shape index (κ1) is 14.0. The van der Waals surface area contributed by atoms with Gasteiger partial charge in [-0.25, -0.2) is 0 Å². The van der Waals surface area contributed by atoms with E-state index in [9.17, 15) is 0 Å². The lowest BCUT2D eigenvalue weighted by Gasteiger charge is -2.39. The summed E-state index contributed by atoms with van der Waals surface area (Å²) < 4.78 is 0. The highest BCUT2D eigenvalue weighted by Crippen LogP contribution is 2.38. The second-order valence-corrected chi connectivity index (χ2v) is 6.98. The highest BCUT2D eigenvalue weighted by molar-refractivity contribution is 4.86. The lowest BCUT2D eigenvalue weighted by atomic mass is 9.70. The maximum atomic E-state index is 3.76. The summed E-state index contributed by atoms with van der Waals surface area (Å²) in [5.74, 6) is 1.70. The number of hydrogen-bond donors (Lipinski definition) is 1. The summed E-state index contributed by atoms with van der Waals surface area (Å²) >= 11 is 0. The van der Waals surface area contributed by atoms with Crippen LogP contribution in [0.2, 0.25) is 0 Å². The van der Waals surface area contributed by atoms with Crippen LogP contribution in [0.3, 0.4) is 0 Å². The Labute approximate surface area is 102 Å². The van der Waals surface area contributed by atoms with Crippen molar-refractivity contribution in [3.8, 4) is 0 Å². The molecule has 0 aromatic heterocycles. The fourth-order valence-electron chi connectivity index (χ4n) is 3.05. The average Bonchev–Trinajstić information content (AvgIpc) is 2.13. The molecule has 1 fully saturated rings. The molecule has 0 radical (unpaired) electrons. The summed E-state index contributed by atoms with van der Waals surface area (Å²) in [4.78, 5) is 0. The molecule has 1 aliphatic carbocycles. The van der Waals surface area contributed by atoms with Crippen LogP contribution < -0.4 is 5.32 Å². The molecule has 1 heteroatoms. The zero-order valence-corrected chi connectivity index (χ0v) is 12.0. The molecule has 1 N–H and O–H groups in total. The molecule has 2 unspecified atom stereocenters. The van der Waals surface area contributed by atoms with Crippen molar-refractivity contribution in [3.63, 3.8) is 0 Å². The number of nitrogens with one attached hydrogen (secondary N) is 1. The summed E-state index contributed by atoms with van der Waals surface area (Å²) in [5, 5.41) is 3.76.